The van der Waals surface area contributed by atoms with Gasteiger partial charge in [0.2, 0.25) is 0 Å². The van der Waals surface area contributed by atoms with Crippen molar-refractivity contribution in [3.63, 3.8) is 0 Å². The van der Waals surface area contributed by atoms with Crippen molar-refractivity contribution < 1.29 is 23.4 Å². The molecule has 2 aromatic rings. The largest absolute Gasteiger partial charge is 0.491 e. The van der Waals surface area contributed by atoms with Crippen LogP contribution in [0.15, 0.2) is 33.7 Å². The fraction of sp³-hybridized carbons (Fsp3) is 0.429. The van der Waals surface area contributed by atoms with E-state index in [0.717, 1.165) is 16.9 Å². The number of hydrogen-bond acceptors (Lipinski definition) is 6. The van der Waals surface area contributed by atoms with E-state index in [1.54, 1.807) is 27.1 Å². The maximum Gasteiger partial charge on any atom is 0.341 e. The Kier molecular flexibility index (Phi) is 11.3. The number of ether oxygens (including phenoxy) is 3. The Bertz CT molecular complexity index is 851. The van der Waals surface area contributed by atoms with Crippen molar-refractivity contribution in [2.75, 3.05) is 34.5 Å². The van der Waals surface area contributed by atoms with Gasteiger partial charge >= 0.3 is 5.97 Å². The van der Waals surface area contributed by atoms with Crippen LogP contribution in [0.25, 0.3) is 0 Å². The number of guanidine groups is 1. The topological polar surface area (TPSA) is 94.3 Å². The molecule has 0 spiro atoms. The third kappa shape index (κ3) is 7.52. The van der Waals surface area contributed by atoms with Crippen LogP contribution in [0.4, 0.5) is 0 Å². The molecule has 0 atom stereocenters. The zero-order valence-electron chi connectivity index (χ0n) is 18.0. The van der Waals surface area contributed by atoms with E-state index in [2.05, 4.69) is 15.6 Å². The summed E-state index contributed by atoms with van der Waals surface area (Å²) in [5.41, 5.74) is 2.56. The molecule has 0 unspecified atom stereocenters. The number of nitrogens with zero attached hydrogens (tertiary/aromatic N) is 1. The van der Waals surface area contributed by atoms with Crippen molar-refractivity contribution >= 4 is 35.9 Å². The van der Waals surface area contributed by atoms with Crippen molar-refractivity contribution in [2.24, 2.45) is 4.99 Å². The molecular weight excluding hydrogens is 501 g/mol. The molecule has 0 fully saturated rings. The molecule has 0 aliphatic rings. The monoisotopic (exact) mass is 531 g/mol. The van der Waals surface area contributed by atoms with Crippen LogP contribution in [0.5, 0.6) is 5.75 Å². The molecule has 30 heavy (non-hydrogen) atoms. The first-order valence-corrected chi connectivity index (χ1v) is 9.31. The smallest absolute Gasteiger partial charge is 0.341 e. The minimum Gasteiger partial charge on any atom is -0.491 e. The summed E-state index contributed by atoms with van der Waals surface area (Å²) in [5, 5.41) is 6.42. The molecule has 0 bridgehead atoms. The molecule has 1 aromatic carbocycles. The summed E-state index contributed by atoms with van der Waals surface area (Å²) in [7, 11) is 4.68. The Morgan fingerprint density at radius 3 is 2.50 bits per heavy atom. The molecule has 0 saturated carbocycles. The molecule has 2 N–H and O–H groups in total. The number of rotatable bonds is 9. The first-order chi connectivity index (χ1) is 14.0. The van der Waals surface area contributed by atoms with Gasteiger partial charge in [0.05, 0.1) is 20.3 Å². The fourth-order valence-electron chi connectivity index (χ4n) is 2.69. The number of halogens is 1. The van der Waals surface area contributed by atoms with Crippen molar-refractivity contribution in [1.29, 1.82) is 0 Å². The number of carbonyl (C=O) groups excluding carboxylic acids is 1. The van der Waals surface area contributed by atoms with Gasteiger partial charge in [-0.1, -0.05) is 12.1 Å². The van der Waals surface area contributed by atoms with Gasteiger partial charge in [0.1, 0.15) is 29.4 Å². The lowest BCUT2D eigenvalue weighted by Gasteiger charge is -2.15. The van der Waals surface area contributed by atoms with Gasteiger partial charge < -0.3 is 29.3 Å². The Morgan fingerprint density at radius 2 is 1.83 bits per heavy atom. The molecule has 0 aliphatic carbocycles. The Balaban J connectivity index is 0.00000450. The van der Waals surface area contributed by atoms with Gasteiger partial charge in [0, 0.05) is 26.3 Å². The van der Waals surface area contributed by atoms with Crippen molar-refractivity contribution in [3.05, 3.63) is 52.5 Å². The van der Waals surface area contributed by atoms with Crippen LogP contribution in [0.3, 0.4) is 0 Å². The van der Waals surface area contributed by atoms with Gasteiger partial charge in [-0.25, -0.2) is 4.79 Å². The predicted molar refractivity (Wildman–Crippen MR) is 126 cm³/mol. The number of nitrogens with one attached hydrogen (secondary N) is 2. The summed E-state index contributed by atoms with van der Waals surface area (Å²) >= 11 is 0. The lowest BCUT2D eigenvalue weighted by molar-refractivity contribution is 0.0599. The summed E-state index contributed by atoms with van der Waals surface area (Å²) < 4.78 is 21.2. The van der Waals surface area contributed by atoms with Gasteiger partial charge in [0.25, 0.3) is 0 Å². The molecular formula is C21H30IN3O5. The zero-order chi connectivity index (χ0) is 21.2. The normalized spacial score (nSPS) is 10.9. The van der Waals surface area contributed by atoms with Gasteiger partial charge in [-0.3, -0.25) is 4.99 Å². The lowest BCUT2D eigenvalue weighted by atomic mass is 10.1. The molecule has 8 nitrogen and oxygen atoms in total. The second-order valence-corrected chi connectivity index (χ2v) is 6.41. The summed E-state index contributed by atoms with van der Waals surface area (Å²) in [5.74, 6) is 2.13. The standard InChI is InChI=1S/C21H29N3O5.HI/c1-14-6-7-16(19(10-14)28-9-8-26-4)12-23-21(22-3)24-13-17-11-18(15(2)29-17)20(25)27-5;/h6-7,10-11H,8-9,12-13H2,1-5H3,(H2,22,23,24);1H. The first kappa shape index (κ1) is 25.8. The number of furan rings is 1. The molecule has 0 saturated heterocycles. The van der Waals surface area contributed by atoms with Crippen LogP contribution in [0, 0.1) is 13.8 Å². The maximum atomic E-state index is 11.7. The van der Waals surface area contributed by atoms with Crippen LogP contribution in [-0.4, -0.2) is 46.4 Å². The molecule has 0 radical (unpaired) electrons. The van der Waals surface area contributed by atoms with E-state index in [9.17, 15) is 4.79 Å². The third-order valence-corrected chi connectivity index (χ3v) is 4.24. The molecule has 1 heterocycles. The molecule has 0 aliphatic heterocycles. The number of aryl methyl sites for hydroxylation is 2. The van der Waals surface area contributed by atoms with Crippen molar-refractivity contribution in [2.45, 2.75) is 26.9 Å². The number of carbonyl (C=O) groups is 1. The van der Waals surface area contributed by atoms with Crippen molar-refractivity contribution in [3.8, 4) is 5.75 Å². The molecule has 1 aromatic heterocycles. The Hall–Kier alpha value is -2.27. The van der Waals surface area contributed by atoms with Crippen LogP contribution < -0.4 is 15.4 Å². The second-order valence-electron chi connectivity index (χ2n) is 6.41. The highest BCUT2D eigenvalue weighted by molar-refractivity contribution is 14.0. The highest BCUT2D eigenvalue weighted by atomic mass is 127. The van der Waals surface area contributed by atoms with Gasteiger partial charge in [-0.2, -0.15) is 0 Å². The Morgan fingerprint density at radius 1 is 1.10 bits per heavy atom. The molecule has 0 amide bonds. The third-order valence-electron chi connectivity index (χ3n) is 4.24. The summed E-state index contributed by atoms with van der Waals surface area (Å²) in [6.45, 7) is 5.68. The lowest BCUT2D eigenvalue weighted by Crippen LogP contribution is -2.36. The number of esters is 1. The zero-order valence-corrected chi connectivity index (χ0v) is 20.4. The van der Waals surface area contributed by atoms with E-state index in [1.807, 2.05) is 25.1 Å². The van der Waals surface area contributed by atoms with E-state index in [-0.39, 0.29) is 24.0 Å². The minimum atomic E-state index is -0.416. The van der Waals surface area contributed by atoms with E-state index < -0.39 is 5.97 Å². The molecule has 2 rings (SSSR count). The van der Waals surface area contributed by atoms with Gasteiger partial charge in [-0.05, 0) is 31.5 Å². The van der Waals surface area contributed by atoms with E-state index in [0.29, 0.717) is 49.3 Å². The average molecular weight is 531 g/mol. The summed E-state index contributed by atoms with van der Waals surface area (Å²) in [4.78, 5) is 15.9. The molecule has 166 valence electrons. The average Bonchev–Trinajstić information content (AvgIpc) is 3.09. The number of benzene rings is 1. The fourth-order valence-corrected chi connectivity index (χ4v) is 2.69. The first-order valence-electron chi connectivity index (χ1n) is 9.31. The number of hydrogen-bond donors (Lipinski definition) is 2. The summed E-state index contributed by atoms with van der Waals surface area (Å²) in [6, 6.07) is 7.73. The second kappa shape index (κ2) is 13.1. The molecule has 9 heteroatoms. The minimum absolute atomic E-state index is 0. The summed E-state index contributed by atoms with van der Waals surface area (Å²) in [6.07, 6.45) is 0. The van der Waals surface area contributed by atoms with Gasteiger partial charge in [0.15, 0.2) is 5.96 Å². The number of aliphatic imine (C=N–C) groups is 1. The van der Waals surface area contributed by atoms with E-state index in [4.69, 9.17) is 18.6 Å². The van der Waals surface area contributed by atoms with Gasteiger partial charge in [-0.15, -0.1) is 24.0 Å². The van der Waals surface area contributed by atoms with Crippen LogP contribution in [0.2, 0.25) is 0 Å². The quantitative estimate of drug-likeness (QED) is 0.169. The van der Waals surface area contributed by atoms with Crippen LogP contribution >= 0.6 is 24.0 Å². The van der Waals surface area contributed by atoms with E-state index in [1.165, 1.54) is 7.11 Å². The highest BCUT2D eigenvalue weighted by Crippen LogP contribution is 2.20. The highest BCUT2D eigenvalue weighted by Gasteiger charge is 2.15. The van der Waals surface area contributed by atoms with Crippen molar-refractivity contribution in [1.82, 2.24) is 10.6 Å². The van der Waals surface area contributed by atoms with Crippen LogP contribution in [0.1, 0.15) is 33.0 Å². The Labute approximate surface area is 194 Å². The predicted octanol–water partition coefficient (Wildman–Crippen LogP) is 3.19. The SMILES string of the molecule is CN=C(NCc1cc(C(=O)OC)c(C)o1)NCc1ccc(C)cc1OCCOC.I. The maximum absolute atomic E-state index is 11.7. The number of methoxy groups -OCH3 is 2. The van der Waals surface area contributed by atoms with Crippen LogP contribution in [-0.2, 0) is 22.6 Å². The van der Waals surface area contributed by atoms with E-state index >= 15 is 0 Å².